The first-order valence-electron chi connectivity index (χ1n) is 3.47. The molecule has 1 aliphatic heterocycles. The fourth-order valence-electron chi connectivity index (χ4n) is 1.08. The maximum Gasteiger partial charge on any atom is 0.0261 e. The molecule has 0 nitrogen and oxygen atoms in total. The fourth-order valence-corrected chi connectivity index (χ4v) is 3.28. The Labute approximate surface area is 74.5 Å². The van der Waals surface area contributed by atoms with Crippen LogP contribution in [0.15, 0.2) is 34.6 Å². The molecule has 0 saturated heterocycles. The van der Waals surface area contributed by atoms with E-state index in [4.69, 9.17) is 0 Å². The van der Waals surface area contributed by atoms with E-state index in [-0.39, 0.29) is 0 Å². The van der Waals surface area contributed by atoms with Gasteiger partial charge in [-0.1, -0.05) is 39.8 Å². The molecule has 2 rings (SSSR count). The Morgan fingerprint density at radius 1 is 1.18 bits per heavy atom. The first-order chi connectivity index (χ1) is 5.38. The largest absolute Gasteiger partial charge is 0.0616 e. The van der Waals surface area contributed by atoms with E-state index in [1.54, 1.807) is 10.8 Å². The summed E-state index contributed by atoms with van der Waals surface area (Å²) in [5.74, 6) is 0. The SMILES string of the molecule is CC1=CSSc2ccccc21. The summed E-state index contributed by atoms with van der Waals surface area (Å²) < 4.78 is 0. The van der Waals surface area contributed by atoms with Crippen LogP contribution >= 0.6 is 21.6 Å². The molecule has 0 aromatic heterocycles. The molecule has 0 aliphatic carbocycles. The van der Waals surface area contributed by atoms with Crippen molar-refractivity contribution < 1.29 is 0 Å². The van der Waals surface area contributed by atoms with Crippen molar-refractivity contribution in [3.8, 4) is 0 Å². The van der Waals surface area contributed by atoms with Gasteiger partial charge in [0.25, 0.3) is 0 Å². The van der Waals surface area contributed by atoms with Crippen molar-refractivity contribution >= 4 is 27.2 Å². The molecule has 1 aromatic carbocycles. The molecule has 0 radical (unpaired) electrons. The van der Waals surface area contributed by atoms with E-state index in [0.717, 1.165) is 0 Å². The summed E-state index contributed by atoms with van der Waals surface area (Å²) in [6, 6.07) is 8.52. The molecule has 1 aromatic rings. The van der Waals surface area contributed by atoms with Crippen molar-refractivity contribution in [2.45, 2.75) is 11.8 Å². The second kappa shape index (κ2) is 2.95. The Hall–Kier alpha value is -0.340. The van der Waals surface area contributed by atoms with Gasteiger partial charge in [0.05, 0.1) is 0 Å². The highest BCUT2D eigenvalue weighted by Gasteiger charge is 2.08. The molecule has 0 amide bonds. The molecule has 0 atom stereocenters. The predicted molar refractivity (Wildman–Crippen MR) is 53.5 cm³/mol. The minimum atomic E-state index is 1.38. The van der Waals surface area contributed by atoms with Crippen LogP contribution in [0.3, 0.4) is 0 Å². The van der Waals surface area contributed by atoms with Crippen molar-refractivity contribution in [1.82, 2.24) is 0 Å². The average Bonchev–Trinajstić information content (AvgIpc) is 2.06. The third-order valence-electron chi connectivity index (χ3n) is 1.67. The summed E-state index contributed by atoms with van der Waals surface area (Å²) in [4.78, 5) is 1.39. The van der Waals surface area contributed by atoms with Crippen molar-refractivity contribution in [3.05, 3.63) is 35.2 Å². The third-order valence-corrected chi connectivity index (χ3v) is 3.87. The molecule has 0 spiro atoms. The average molecular weight is 180 g/mol. The summed E-state index contributed by atoms with van der Waals surface area (Å²) >= 11 is 0. The number of rotatable bonds is 0. The zero-order valence-corrected chi connectivity index (χ0v) is 7.84. The van der Waals surface area contributed by atoms with Gasteiger partial charge in [-0.3, -0.25) is 0 Å². The van der Waals surface area contributed by atoms with Gasteiger partial charge in [-0.2, -0.15) is 0 Å². The first kappa shape index (κ1) is 7.32. The lowest BCUT2D eigenvalue weighted by atomic mass is 10.1. The molecular formula is C9H8S2. The lowest BCUT2D eigenvalue weighted by Gasteiger charge is -2.12. The zero-order chi connectivity index (χ0) is 7.68. The van der Waals surface area contributed by atoms with Gasteiger partial charge in [-0.05, 0) is 29.5 Å². The van der Waals surface area contributed by atoms with Crippen LogP contribution in [0.5, 0.6) is 0 Å². The van der Waals surface area contributed by atoms with E-state index in [9.17, 15) is 0 Å². The summed E-state index contributed by atoms with van der Waals surface area (Å²) in [7, 11) is 3.63. The monoisotopic (exact) mass is 180 g/mol. The molecule has 0 unspecified atom stereocenters. The number of benzene rings is 1. The molecule has 1 heterocycles. The molecule has 1 aliphatic rings. The van der Waals surface area contributed by atoms with E-state index in [1.807, 2.05) is 10.8 Å². The van der Waals surface area contributed by atoms with E-state index < -0.39 is 0 Å². The number of hydrogen-bond donors (Lipinski definition) is 0. The normalized spacial score (nSPS) is 15.5. The Morgan fingerprint density at radius 3 is 2.82 bits per heavy atom. The minimum Gasteiger partial charge on any atom is -0.0616 e. The Balaban J connectivity index is 2.56. The molecule has 56 valence electrons. The quantitative estimate of drug-likeness (QED) is 0.557. The van der Waals surface area contributed by atoms with Crippen LogP contribution in [0.1, 0.15) is 12.5 Å². The van der Waals surface area contributed by atoms with Crippen LogP contribution in [-0.2, 0) is 0 Å². The predicted octanol–water partition coefficient (Wildman–Crippen LogP) is 3.80. The van der Waals surface area contributed by atoms with Crippen molar-refractivity contribution in [2.75, 3.05) is 0 Å². The van der Waals surface area contributed by atoms with Crippen LogP contribution < -0.4 is 0 Å². The number of allylic oxidation sites excluding steroid dienone is 1. The van der Waals surface area contributed by atoms with Crippen molar-refractivity contribution in [2.24, 2.45) is 0 Å². The molecule has 0 fully saturated rings. The third kappa shape index (κ3) is 1.33. The van der Waals surface area contributed by atoms with Crippen LogP contribution in [0.4, 0.5) is 0 Å². The Bertz CT molecular complexity index is 302. The van der Waals surface area contributed by atoms with Crippen LogP contribution in [0.25, 0.3) is 5.57 Å². The first-order valence-corrected chi connectivity index (χ1v) is 5.69. The van der Waals surface area contributed by atoms with Gasteiger partial charge in [0.2, 0.25) is 0 Å². The summed E-state index contributed by atoms with van der Waals surface area (Å²) in [5, 5.41) is 2.20. The van der Waals surface area contributed by atoms with Crippen LogP contribution in [-0.4, -0.2) is 0 Å². The maximum absolute atomic E-state index is 2.20. The van der Waals surface area contributed by atoms with Gasteiger partial charge >= 0.3 is 0 Å². The lowest BCUT2D eigenvalue weighted by molar-refractivity contribution is 1.39. The van der Waals surface area contributed by atoms with Gasteiger partial charge in [0.1, 0.15) is 0 Å². The molecule has 11 heavy (non-hydrogen) atoms. The molecular weight excluding hydrogens is 172 g/mol. The summed E-state index contributed by atoms with van der Waals surface area (Å²) in [6.07, 6.45) is 0. The van der Waals surface area contributed by atoms with Gasteiger partial charge in [0.15, 0.2) is 0 Å². The van der Waals surface area contributed by atoms with Gasteiger partial charge in [0, 0.05) is 4.90 Å². The molecule has 0 bridgehead atoms. The molecule has 0 saturated carbocycles. The summed E-state index contributed by atoms with van der Waals surface area (Å²) in [5.41, 5.74) is 2.76. The second-order valence-corrected chi connectivity index (χ2v) is 4.59. The molecule has 0 N–H and O–H groups in total. The van der Waals surface area contributed by atoms with Crippen LogP contribution in [0.2, 0.25) is 0 Å². The van der Waals surface area contributed by atoms with E-state index in [2.05, 4.69) is 36.6 Å². The number of hydrogen-bond acceptors (Lipinski definition) is 2. The smallest absolute Gasteiger partial charge is 0.0261 e. The fraction of sp³-hybridized carbons (Fsp3) is 0.111. The summed E-state index contributed by atoms with van der Waals surface area (Å²) in [6.45, 7) is 2.16. The van der Waals surface area contributed by atoms with Gasteiger partial charge in [-0.15, -0.1) is 0 Å². The number of fused-ring (bicyclic) bond motifs is 1. The Morgan fingerprint density at radius 2 is 2.00 bits per heavy atom. The second-order valence-electron chi connectivity index (χ2n) is 2.48. The lowest BCUT2D eigenvalue weighted by Crippen LogP contribution is -1.84. The van der Waals surface area contributed by atoms with Gasteiger partial charge < -0.3 is 0 Å². The highest BCUT2D eigenvalue weighted by molar-refractivity contribution is 8.78. The topological polar surface area (TPSA) is 0 Å². The van der Waals surface area contributed by atoms with E-state index >= 15 is 0 Å². The standard InChI is InChI=1S/C9H8S2/c1-7-6-10-11-9-5-3-2-4-8(7)9/h2-6H,1H3. The Kier molecular flexibility index (Phi) is 1.96. The van der Waals surface area contributed by atoms with Gasteiger partial charge in [-0.25, -0.2) is 0 Å². The van der Waals surface area contributed by atoms with E-state index in [1.165, 1.54) is 16.0 Å². The molecule has 2 heteroatoms. The highest BCUT2D eigenvalue weighted by atomic mass is 33.1. The zero-order valence-electron chi connectivity index (χ0n) is 6.20. The van der Waals surface area contributed by atoms with Crippen molar-refractivity contribution in [1.29, 1.82) is 0 Å². The maximum atomic E-state index is 2.20. The van der Waals surface area contributed by atoms with Crippen molar-refractivity contribution in [3.63, 3.8) is 0 Å². The highest BCUT2D eigenvalue weighted by Crippen LogP contribution is 2.42. The van der Waals surface area contributed by atoms with E-state index in [0.29, 0.717) is 0 Å². The van der Waals surface area contributed by atoms with Crippen LogP contribution in [0, 0.1) is 0 Å². The minimum absolute atomic E-state index is 1.38.